The van der Waals surface area contributed by atoms with E-state index in [-0.39, 0.29) is 30.1 Å². The first-order valence-electron chi connectivity index (χ1n) is 9.51. The van der Waals surface area contributed by atoms with E-state index < -0.39 is 0 Å². The number of hydrogen-bond donors (Lipinski definition) is 1. The number of fused-ring (bicyclic) bond motifs is 1. The number of nitrogens with one attached hydrogen (secondary N) is 1. The second kappa shape index (κ2) is 7.58. The van der Waals surface area contributed by atoms with Gasteiger partial charge in [0.15, 0.2) is 0 Å². The molecule has 0 fully saturated rings. The molecule has 1 aromatic carbocycles. The van der Waals surface area contributed by atoms with Crippen molar-refractivity contribution in [1.82, 2.24) is 24.9 Å². The van der Waals surface area contributed by atoms with Gasteiger partial charge in [-0.3, -0.25) is 14.3 Å². The highest BCUT2D eigenvalue weighted by atomic mass is 16.2. The Balaban J connectivity index is 1.87. The summed E-state index contributed by atoms with van der Waals surface area (Å²) in [4.78, 5) is 25.5. The lowest BCUT2D eigenvalue weighted by atomic mass is 10.1. The van der Waals surface area contributed by atoms with Gasteiger partial charge in [-0.2, -0.15) is 10.2 Å². The number of rotatable bonds is 5. The fraction of sp³-hybridized carbons (Fsp3) is 0.429. The Morgan fingerprint density at radius 1 is 1.04 bits per heavy atom. The Bertz CT molecular complexity index is 1080. The van der Waals surface area contributed by atoms with Crippen LogP contribution < -0.4 is 10.9 Å². The molecule has 3 aromatic rings. The fourth-order valence-corrected chi connectivity index (χ4v) is 3.40. The fourth-order valence-electron chi connectivity index (χ4n) is 3.40. The Morgan fingerprint density at radius 3 is 2.29 bits per heavy atom. The molecule has 0 aliphatic rings. The molecule has 0 aliphatic carbocycles. The van der Waals surface area contributed by atoms with Crippen molar-refractivity contribution < 1.29 is 4.79 Å². The molecule has 0 radical (unpaired) electrons. The van der Waals surface area contributed by atoms with E-state index in [0.29, 0.717) is 16.8 Å². The zero-order valence-corrected chi connectivity index (χ0v) is 17.3. The topological polar surface area (TPSA) is 81.8 Å². The van der Waals surface area contributed by atoms with Gasteiger partial charge in [0, 0.05) is 6.04 Å². The molecular formula is C21H27N5O2. The summed E-state index contributed by atoms with van der Waals surface area (Å²) in [5, 5.41) is 12.3. The summed E-state index contributed by atoms with van der Waals surface area (Å²) in [7, 11) is 0. The highest BCUT2D eigenvalue weighted by Crippen LogP contribution is 2.20. The minimum atomic E-state index is -0.289. The predicted octanol–water partition coefficient (Wildman–Crippen LogP) is 2.98. The lowest BCUT2D eigenvalue weighted by molar-refractivity contribution is -0.122. The van der Waals surface area contributed by atoms with Gasteiger partial charge < -0.3 is 5.32 Å². The zero-order chi connectivity index (χ0) is 20.6. The lowest BCUT2D eigenvalue weighted by Crippen LogP contribution is -2.35. The number of nitrogens with zero attached hydrogens (tertiary/aromatic N) is 4. The number of hydrogen-bond acceptors (Lipinski definition) is 4. The van der Waals surface area contributed by atoms with E-state index in [2.05, 4.69) is 15.5 Å². The Labute approximate surface area is 164 Å². The van der Waals surface area contributed by atoms with Crippen LogP contribution in [0, 0.1) is 20.8 Å². The summed E-state index contributed by atoms with van der Waals surface area (Å²) in [6, 6.07) is 7.96. The van der Waals surface area contributed by atoms with Crippen LogP contribution in [-0.2, 0) is 11.3 Å². The van der Waals surface area contributed by atoms with E-state index in [1.165, 1.54) is 10.2 Å². The minimum absolute atomic E-state index is 0.116. The second-order valence-electron chi connectivity index (χ2n) is 7.60. The average Bonchev–Trinajstić information content (AvgIpc) is 2.98. The predicted molar refractivity (Wildman–Crippen MR) is 109 cm³/mol. The van der Waals surface area contributed by atoms with Crippen molar-refractivity contribution in [3.8, 4) is 0 Å². The smallest absolute Gasteiger partial charge is 0.278 e. The van der Waals surface area contributed by atoms with E-state index in [1.807, 2.05) is 70.5 Å². The van der Waals surface area contributed by atoms with Crippen molar-refractivity contribution in [2.75, 3.05) is 0 Å². The molecule has 7 heteroatoms. The van der Waals surface area contributed by atoms with Crippen LogP contribution in [0.4, 0.5) is 0 Å². The largest absolute Gasteiger partial charge is 0.348 e. The van der Waals surface area contributed by atoms with Gasteiger partial charge in [-0.15, -0.1) is 0 Å². The number of benzene rings is 1. The first kappa shape index (κ1) is 19.8. The number of aryl methyl sites for hydroxylation is 3. The van der Waals surface area contributed by atoms with Gasteiger partial charge in [-0.25, -0.2) is 4.68 Å². The third kappa shape index (κ3) is 3.69. The Kier molecular flexibility index (Phi) is 5.36. The molecule has 0 spiro atoms. The Morgan fingerprint density at radius 2 is 1.68 bits per heavy atom. The van der Waals surface area contributed by atoms with Crippen molar-refractivity contribution >= 4 is 16.8 Å². The van der Waals surface area contributed by atoms with E-state index in [4.69, 9.17) is 0 Å². The molecule has 3 rings (SSSR count). The quantitative estimate of drug-likeness (QED) is 0.737. The van der Waals surface area contributed by atoms with Gasteiger partial charge in [0.2, 0.25) is 5.91 Å². The average molecular weight is 381 g/mol. The van der Waals surface area contributed by atoms with Crippen LogP contribution in [-0.4, -0.2) is 25.5 Å². The number of amides is 1. The number of aromatic nitrogens is 4. The van der Waals surface area contributed by atoms with E-state index in [9.17, 15) is 9.59 Å². The highest BCUT2D eigenvalue weighted by molar-refractivity contribution is 5.83. The molecule has 0 saturated carbocycles. The molecule has 2 heterocycles. The van der Waals surface area contributed by atoms with E-state index in [0.717, 1.165) is 11.1 Å². The van der Waals surface area contributed by atoms with Crippen LogP contribution in [0.2, 0.25) is 0 Å². The van der Waals surface area contributed by atoms with Crippen LogP contribution in [0.15, 0.2) is 29.1 Å². The molecule has 1 atom stereocenters. The molecule has 0 bridgehead atoms. The SMILES string of the molecule is Cc1ccc([C@H](C)NC(=O)Cn2nc(C)c3c(c(C)nn3C(C)C)c2=O)cc1. The molecule has 28 heavy (non-hydrogen) atoms. The normalized spacial score (nSPS) is 12.5. The molecule has 2 aromatic heterocycles. The monoisotopic (exact) mass is 381 g/mol. The molecular weight excluding hydrogens is 354 g/mol. The van der Waals surface area contributed by atoms with Crippen LogP contribution in [0.1, 0.15) is 55.4 Å². The van der Waals surface area contributed by atoms with Crippen LogP contribution >= 0.6 is 0 Å². The van der Waals surface area contributed by atoms with Crippen molar-refractivity contribution in [1.29, 1.82) is 0 Å². The molecule has 1 amide bonds. The first-order chi connectivity index (χ1) is 13.2. The van der Waals surface area contributed by atoms with Gasteiger partial charge in [-0.05, 0) is 47.1 Å². The van der Waals surface area contributed by atoms with E-state index >= 15 is 0 Å². The molecule has 7 nitrogen and oxygen atoms in total. The van der Waals surface area contributed by atoms with Crippen molar-refractivity contribution in [3.05, 3.63) is 57.1 Å². The minimum Gasteiger partial charge on any atom is -0.348 e. The molecule has 0 saturated heterocycles. The van der Waals surface area contributed by atoms with Crippen molar-refractivity contribution in [3.63, 3.8) is 0 Å². The third-order valence-electron chi connectivity index (χ3n) is 4.88. The Hall–Kier alpha value is -2.96. The standard InChI is InChI=1S/C21H27N5O2/c1-12(2)26-20-16(6)23-25(21(28)19(20)15(5)24-26)11-18(27)22-14(4)17-9-7-13(3)8-10-17/h7-10,12,14H,11H2,1-6H3,(H,22,27)/t14-/m0/s1. The highest BCUT2D eigenvalue weighted by Gasteiger charge is 2.20. The van der Waals surface area contributed by atoms with Gasteiger partial charge in [0.1, 0.15) is 6.54 Å². The maximum atomic E-state index is 12.9. The van der Waals surface area contributed by atoms with Crippen LogP contribution in [0.5, 0.6) is 0 Å². The maximum absolute atomic E-state index is 12.9. The number of carbonyl (C=O) groups is 1. The summed E-state index contributed by atoms with van der Waals surface area (Å²) in [6.07, 6.45) is 0. The third-order valence-corrected chi connectivity index (χ3v) is 4.88. The van der Waals surface area contributed by atoms with Crippen molar-refractivity contribution in [2.45, 2.75) is 60.2 Å². The van der Waals surface area contributed by atoms with Crippen LogP contribution in [0.25, 0.3) is 10.9 Å². The van der Waals surface area contributed by atoms with Gasteiger partial charge in [-0.1, -0.05) is 29.8 Å². The molecule has 148 valence electrons. The van der Waals surface area contributed by atoms with Gasteiger partial charge >= 0.3 is 0 Å². The molecule has 0 aliphatic heterocycles. The summed E-state index contributed by atoms with van der Waals surface area (Å²) in [6.45, 7) is 11.5. The van der Waals surface area contributed by atoms with Crippen molar-refractivity contribution in [2.24, 2.45) is 0 Å². The lowest BCUT2D eigenvalue weighted by Gasteiger charge is -2.15. The zero-order valence-electron chi connectivity index (χ0n) is 17.3. The summed E-state index contributed by atoms with van der Waals surface area (Å²) in [5.74, 6) is -0.254. The molecule has 1 N–H and O–H groups in total. The summed E-state index contributed by atoms with van der Waals surface area (Å²) >= 11 is 0. The van der Waals surface area contributed by atoms with Crippen LogP contribution in [0.3, 0.4) is 0 Å². The second-order valence-corrected chi connectivity index (χ2v) is 7.60. The molecule has 0 unspecified atom stereocenters. The number of carbonyl (C=O) groups excluding carboxylic acids is 1. The first-order valence-corrected chi connectivity index (χ1v) is 9.51. The van der Waals surface area contributed by atoms with Gasteiger partial charge in [0.05, 0.1) is 28.3 Å². The summed E-state index contributed by atoms with van der Waals surface area (Å²) in [5.41, 5.74) is 3.97. The van der Waals surface area contributed by atoms with Gasteiger partial charge in [0.25, 0.3) is 5.56 Å². The summed E-state index contributed by atoms with van der Waals surface area (Å²) < 4.78 is 3.05. The maximum Gasteiger partial charge on any atom is 0.278 e. The van der Waals surface area contributed by atoms with E-state index in [1.54, 1.807) is 0 Å².